The zero-order chi connectivity index (χ0) is 12.4. The molecule has 6 nitrogen and oxygen atoms in total. The van der Waals surface area contributed by atoms with Gasteiger partial charge < -0.3 is 10.0 Å². The lowest BCUT2D eigenvalue weighted by atomic mass is 10.0. The Kier molecular flexibility index (Phi) is 3.12. The van der Waals surface area contributed by atoms with Gasteiger partial charge in [0.25, 0.3) is 0 Å². The number of hydrogen-bond acceptors (Lipinski definition) is 3. The van der Waals surface area contributed by atoms with Crippen molar-refractivity contribution in [1.29, 1.82) is 0 Å². The summed E-state index contributed by atoms with van der Waals surface area (Å²) in [5, 5.41) is 12.9. The summed E-state index contributed by atoms with van der Waals surface area (Å²) in [5.74, 6) is -1.35. The highest BCUT2D eigenvalue weighted by molar-refractivity contribution is 5.79. The average Bonchev–Trinajstić information content (AvgIpc) is 2.86. The Labute approximate surface area is 98.8 Å². The third kappa shape index (κ3) is 2.30. The molecule has 1 fully saturated rings. The Morgan fingerprint density at radius 1 is 1.53 bits per heavy atom. The van der Waals surface area contributed by atoms with Crippen LogP contribution in [0.2, 0.25) is 0 Å². The van der Waals surface area contributed by atoms with E-state index in [9.17, 15) is 9.59 Å². The first-order valence-corrected chi connectivity index (χ1v) is 5.59. The second kappa shape index (κ2) is 4.57. The van der Waals surface area contributed by atoms with Gasteiger partial charge in [-0.25, -0.2) is 0 Å². The molecule has 6 heteroatoms. The summed E-state index contributed by atoms with van der Waals surface area (Å²) in [4.78, 5) is 24.5. The number of aliphatic carboxylic acids is 1. The molecule has 1 aliphatic heterocycles. The number of carboxylic acids is 1. The van der Waals surface area contributed by atoms with Crippen LogP contribution in [0.25, 0.3) is 0 Å². The number of carboxylic acid groups (broad SMARTS) is 1. The van der Waals surface area contributed by atoms with E-state index in [-0.39, 0.29) is 18.5 Å². The molecule has 2 heterocycles. The van der Waals surface area contributed by atoms with Crippen LogP contribution in [0.4, 0.5) is 0 Å². The fourth-order valence-corrected chi connectivity index (χ4v) is 2.25. The van der Waals surface area contributed by atoms with Gasteiger partial charge in [-0.3, -0.25) is 14.3 Å². The van der Waals surface area contributed by atoms with E-state index in [0.717, 1.165) is 0 Å². The standard InChI is InChI=1S/C11H15N3O3/c1-8-9(11(16)17)3-6-14(8)10(15)7-13-5-2-4-12-13/h2,4-5,8-9H,3,6-7H2,1H3,(H,16,17). The molecule has 1 amide bonds. The molecule has 0 spiro atoms. The highest BCUT2D eigenvalue weighted by Gasteiger charge is 2.37. The number of hydrogen-bond donors (Lipinski definition) is 1. The van der Waals surface area contributed by atoms with Gasteiger partial charge in [0.2, 0.25) is 5.91 Å². The van der Waals surface area contributed by atoms with E-state index < -0.39 is 11.9 Å². The third-order valence-corrected chi connectivity index (χ3v) is 3.25. The summed E-state index contributed by atoms with van der Waals surface area (Å²) < 4.78 is 1.54. The van der Waals surface area contributed by atoms with Crippen LogP contribution in [0.5, 0.6) is 0 Å². The molecule has 2 rings (SSSR count). The Morgan fingerprint density at radius 3 is 2.82 bits per heavy atom. The molecule has 1 aromatic rings. The molecule has 1 aromatic heterocycles. The van der Waals surface area contributed by atoms with E-state index in [0.29, 0.717) is 13.0 Å². The lowest BCUT2D eigenvalue weighted by Gasteiger charge is -2.23. The first-order chi connectivity index (χ1) is 8.09. The quantitative estimate of drug-likeness (QED) is 0.815. The molecule has 0 bridgehead atoms. The first kappa shape index (κ1) is 11.6. The van der Waals surface area contributed by atoms with Crippen LogP contribution in [0.1, 0.15) is 13.3 Å². The summed E-state index contributed by atoms with van der Waals surface area (Å²) in [5.41, 5.74) is 0. The number of carbonyl (C=O) groups is 2. The highest BCUT2D eigenvalue weighted by Crippen LogP contribution is 2.24. The topological polar surface area (TPSA) is 75.4 Å². The Morgan fingerprint density at radius 2 is 2.29 bits per heavy atom. The number of carbonyl (C=O) groups excluding carboxylic acids is 1. The van der Waals surface area contributed by atoms with Crippen molar-refractivity contribution >= 4 is 11.9 Å². The number of likely N-dealkylation sites (tertiary alicyclic amines) is 1. The van der Waals surface area contributed by atoms with E-state index in [1.165, 1.54) is 0 Å². The summed E-state index contributed by atoms with van der Waals surface area (Å²) in [6.07, 6.45) is 3.86. The zero-order valence-electron chi connectivity index (χ0n) is 9.61. The van der Waals surface area contributed by atoms with Gasteiger partial charge in [0.1, 0.15) is 6.54 Å². The van der Waals surface area contributed by atoms with Crippen LogP contribution in [0.3, 0.4) is 0 Å². The predicted molar refractivity (Wildman–Crippen MR) is 59.1 cm³/mol. The third-order valence-electron chi connectivity index (χ3n) is 3.25. The van der Waals surface area contributed by atoms with Crippen molar-refractivity contribution in [3.63, 3.8) is 0 Å². The molecule has 2 atom stereocenters. The molecule has 1 N–H and O–H groups in total. The molecular formula is C11H15N3O3. The summed E-state index contributed by atoms with van der Waals surface area (Å²) in [7, 11) is 0. The monoisotopic (exact) mass is 237 g/mol. The largest absolute Gasteiger partial charge is 0.481 e. The number of aromatic nitrogens is 2. The molecule has 2 unspecified atom stereocenters. The van der Waals surface area contributed by atoms with Crippen molar-refractivity contribution in [2.75, 3.05) is 6.54 Å². The first-order valence-electron chi connectivity index (χ1n) is 5.59. The molecule has 92 valence electrons. The van der Waals surface area contributed by atoms with Gasteiger partial charge in [0.15, 0.2) is 0 Å². The predicted octanol–water partition coefficient (Wildman–Crippen LogP) is 0.205. The van der Waals surface area contributed by atoms with Crippen LogP contribution >= 0.6 is 0 Å². The maximum Gasteiger partial charge on any atom is 0.308 e. The van der Waals surface area contributed by atoms with Crippen molar-refractivity contribution in [2.24, 2.45) is 5.92 Å². The van der Waals surface area contributed by atoms with Crippen molar-refractivity contribution in [2.45, 2.75) is 25.9 Å². The van der Waals surface area contributed by atoms with Gasteiger partial charge in [-0.15, -0.1) is 0 Å². The Balaban J connectivity index is 1.99. The molecule has 17 heavy (non-hydrogen) atoms. The van der Waals surface area contributed by atoms with Crippen molar-refractivity contribution in [3.05, 3.63) is 18.5 Å². The van der Waals surface area contributed by atoms with Gasteiger partial charge in [0, 0.05) is 25.0 Å². The summed E-state index contributed by atoms with van der Waals surface area (Å²) >= 11 is 0. The number of rotatable bonds is 3. The van der Waals surface area contributed by atoms with Gasteiger partial charge in [-0.2, -0.15) is 5.10 Å². The van der Waals surface area contributed by atoms with Crippen molar-refractivity contribution in [3.8, 4) is 0 Å². The van der Waals surface area contributed by atoms with Gasteiger partial charge in [-0.05, 0) is 19.4 Å². The SMILES string of the molecule is CC1C(C(=O)O)CCN1C(=O)Cn1cccn1. The van der Waals surface area contributed by atoms with Gasteiger partial charge in [-0.1, -0.05) is 0 Å². The minimum absolute atomic E-state index is 0.0787. The summed E-state index contributed by atoms with van der Waals surface area (Å²) in [6, 6.07) is 1.51. The molecule has 0 aliphatic carbocycles. The molecule has 1 saturated heterocycles. The minimum atomic E-state index is -0.827. The Bertz CT molecular complexity index is 416. The summed E-state index contributed by atoms with van der Waals surface area (Å²) in [6.45, 7) is 2.47. The van der Waals surface area contributed by atoms with E-state index >= 15 is 0 Å². The fourth-order valence-electron chi connectivity index (χ4n) is 2.25. The minimum Gasteiger partial charge on any atom is -0.481 e. The van der Waals surface area contributed by atoms with Crippen molar-refractivity contribution < 1.29 is 14.7 Å². The second-order valence-electron chi connectivity index (χ2n) is 4.26. The zero-order valence-corrected chi connectivity index (χ0v) is 9.61. The smallest absolute Gasteiger partial charge is 0.308 e. The van der Waals surface area contributed by atoms with Crippen LogP contribution in [-0.2, 0) is 16.1 Å². The van der Waals surface area contributed by atoms with Crippen LogP contribution in [-0.4, -0.2) is 44.3 Å². The second-order valence-corrected chi connectivity index (χ2v) is 4.26. The van der Waals surface area contributed by atoms with E-state index in [1.54, 1.807) is 35.0 Å². The lowest BCUT2D eigenvalue weighted by molar-refractivity contribution is -0.143. The lowest BCUT2D eigenvalue weighted by Crippen LogP contribution is -2.39. The maximum absolute atomic E-state index is 12.0. The number of amides is 1. The number of nitrogens with zero attached hydrogens (tertiary/aromatic N) is 3. The maximum atomic E-state index is 12.0. The van der Waals surface area contributed by atoms with E-state index in [1.807, 2.05) is 0 Å². The molecule has 0 radical (unpaired) electrons. The van der Waals surface area contributed by atoms with Gasteiger partial charge >= 0.3 is 5.97 Å². The van der Waals surface area contributed by atoms with Crippen LogP contribution < -0.4 is 0 Å². The molecule has 1 aliphatic rings. The molecule has 0 aromatic carbocycles. The highest BCUT2D eigenvalue weighted by atomic mass is 16.4. The fraction of sp³-hybridized carbons (Fsp3) is 0.545. The average molecular weight is 237 g/mol. The molecule has 0 saturated carbocycles. The normalized spacial score (nSPS) is 23.9. The van der Waals surface area contributed by atoms with Crippen LogP contribution in [0, 0.1) is 5.92 Å². The van der Waals surface area contributed by atoms with Gasteiger partial charge in [0.05, 0.1) is 5.92 Å². The van der Waals surface area contributed by atoms with Crippen molar-refractivity contribution in [1.82, 2.24) is 14.7 Å². The van der Waals surface area contributed by atoms with E-state index in [4.69, 9.17) is 5.11 Å². The molecular weight excluding hydrogens is 222 g/mol. The van der Waals surface area contributed by atoms with E-state index in [2.05, 4.69) is 5.10 Å². The Hall–Kier alpha value is -1.85. The van der Waals surface area contributed by atoms with Crippen LogP contribution in [0.15, 0.2) is 18.5 Å².